The molecule has 0 aliphatic carbocycles. The quantitative estimate of drug-likeness (QED) is 0.847. The molecule has 1 fully saturated rings. The van der Waals surface area contributed by atoms with Crippen LogP contribution in [0.25, 0.3) is 0 Å². The van der Waals surface area contributed by atoms with Crippen LogP contribution in [0.15, 0.2) is 42.5 Å². The monoisotopic (exact) mass is 350 g/mol. The van der Waals surface area contributed by atoms with Crippen molar-refractivity contribution in [1.29, 1.82) is 0 Å². The fraction of sp³-hybridized carbons (Fsp3) is 0.435. The number of benzene rings is 2. The molecule has 0 bridgehead atoms. The maximum atomic E-state index is 12.4. The molecule has 1 amide bonds. The lowest BCUT2D eigenvalue weighted by Crippen LogP contribution is -2.30. The highest BCUT2D eigenvalue weighted by Gasteiger charge is 2.14. The molecule has 1 atom stereocenters. The lowest BCUT2D eigenvalue weighted by molar-refractivity contribution is -0.121. The summed E-state index contributed by atoms with van der Waals surface area (Å²) in [6, 6.07) is 14.9. The molecule has 1 heterocycles. The maximum Gasteiger partial charge on any atom is 0.224 e. The molecule has 138 valence electrons. The molecule has 3 heteroatoms. The van der Waals surface area contributed by atoms with Gasteiger partial charge in [0.05, 0.1) is 12.5 Å². The van der Waals surface area contributed by atoms with Crippen LogP contribution in [0.5, 0.6) is 0 Å². The van der Waals surface area contributed by atoms with Crippen molar-refractivity contribution in [3.05, 3.63) is 64.7 Å². The first-order chi connectivity index (χ1) is 12.5. The number of hydrogen-bond donors (Lipinski definition) is 1. The molecule has 0 radical (unpaired) electrons. The first kappa shape index (κ1) is 18.5. The number of nitrogens with zero attached hydrogens (tertiary/aromatic N) is 1. The summed E-state index contributed by atoms with van der Waals surface area (Å²) in [5.41, 5.74) is 5.95. The third kappa shape index (κ3) is 4.66. The van der Waals surface area contributed by atoms with Crippen LogP contribution in [-0.4, -0.2) is 19.0 Å². The summed E-state index contributed by atoms with van der Waals surface area (Å²) in [5.74, 6) is 0.0737. The molecule has 0 unspecified atom stereocenters. The zero-order chi connectivity index (χ0) is 18.5. The van der Waals surface area contributed by atoms with Gasteiger partial charge in [-0.25, -0.2) is 0 Å². The van der Waals surface area contributed by atoms with E-state index in [-0.39, 0.29) is 11.9 Å². The second-order valence-corrected chi connectivity index (χ2v) is 7.54. The zero-order valence-corrected chi connectivity index (χ0v) is 16.2. The van der Waals surface area contributed by atoms with Crippen LogP contribution >= 0.6 is 0 Å². The molecule has 3 rings (SSSR count). The van der Waals surface area contributed by atoms with Crippen molar-refractivity contribution in [3.63, 3.8) is 0 Å². The van der Waals surface area contributed by atoms with E-state index in [2.05, 4.69) is 73.5 Å². The summed E-state index contributed by atoms with van der Waals surface area (Å²) in [7, 11) is 0. The molecule has 1 saturated heterocycles. The van der Waals surface area contributed by atoms with E-state index < -0.39 is 0 Å². The number of nitrogens with one attached hydrogen (secondary N) is 1. The van der Waals surface area contributed by atoms with Gasteiger partial charge in [-0.3, -0.25) is 4.79 Å². The SMILES string of the molecule is Cc1ccc(CC(=O)N[C@H](C)c2ccc(N3CCCCC3)cc2)c(C)c1. The van der Waals surface area contributed by atoms with E-state index in [1.54, 1.807) is 0 Å². The lowest BCUT2D eigenvalue weighted by Gasteiger charge is -2.29. The summed E-state index contributed by atoms with van der Waals surface area (Å²) in [6.07, 6.45) is 4.35. The van der Waals surface area contributed by atoms with Gasteiger partial charge in [-0.1, -0.05) is 35.9 Å². The summed E-state index contributed by atoms with van der Waals surface area (Å²) < 4.78 is 0. The minimum Gasteiger partial charge on any atom is -0.372 e. The van der Waals surface area contributed by atoms with E-state index in [1.807, 2.05) is 0 Å². The van der Waals surface area contributed by atoms with Crippen LogP contribution in [0.3, 0.4) is 0 Å². The predicted molar refractivity (Wildman–Crippen MR) is 109 cm³/mol. The molecule has 1 aliphatic rings. The Kier molecular flexibility index (Phi) is 5.97. The van der Waals surface area contributed by atoms with Crippen molar-refractivity contribution in [2.45, 2.75) is 52.5 Å². The fourth-order valence-electron chi connectivity index (χ4n) is 3.72. The maximum absolute atomic E-state index is 12.4. The van der Waals surface area contributed by atoms with Crippen LogP contribution in [0.4, 0.5) is 5.69 Å². The van der Waals surface area contributed by atoms with Gasteiger partial charge in [-0.2, -0.15) is 0 Å². The molecule has 2 aromatic carbocycles. The van der Waals surface area contributed by atoms with Gasteiger partial charge in [0.15, 0.2) is 0 Å². The Bertz CT molecular complexity index is 745. The predicted octanol–water partition coefficient (Wildman–Crippen LogP) is 4.71. The lowest BCUT2D eigenvalue weighted by atomic mass is 10.0. The molecule has 0 aromatic heterocycles. The van der Waals surface area contributed by atoms with E-state index in [9.17, 15) is 4.79 Å². The normalized spacial score (nSPS) is 15.6. The number of piperidine rings is 1. The molecule has 0 spiro atoms. The molecule has 1 aliphatic heterocycles. The minimum atomic E-state index is 0.0173. The van der Waals surface area contributed by atoms with E-state index >= 15 is 0 Å². The van der Waals surface area contributed by atoms with Gasteiger partial charge >= 0.3 is 0 Å². The average Bonchev–Trinajstić information content (AvgIpc) is 2.65. The van der Waals surface area contributed by atoms with E-state index in [4.69, 9.17) is 0 Å². The summed E-state index contributed by atoms with van der Waals surface area (Å²) in [6.45, 7) is 8.50. The largest absolute Gasteiger partial charge is 0.372 e. The fourth-order valence-corrected chi connectivity index (χ4v) is 3.72. The topological polar surface area (TPSA) is 32.3 Å². The van der Waals surface area contributed by atoms with Gasteiger partial charge in [0, 0.05) is 18.8 Å². The second-order valence-electron chi connectivity index (χ2n) is 7.54. The Morgan fingerprint density at radius 3 is 2.38 bits per heavy atom. The van der Waals surface area contributed by atoms with Crippen LogP contribution in [0.2, 0.25) is 0 Å². The van der Waals surface area contributed by atoms with Gasteiger partial charge in [0.25, 0.3) is 0 Å². The van der Waals surface area contributed by atoms with Gasteiger partial charge in [-0.15, -0.1) is 0 Å². The van der Waals surface area contributed by atoms with Crippen molar-refractivity contribution in [2.24, 2.45) is 0 Å². The smallest absolute Gasteiger partial charge is 0.224 e. The van der Waals surface area contributed by atoms with E-state index in [0.717, 1.165) is 24.2 Å². The van der Waals surface area contributed by atoms with Gasteiger partial charge in [0.2, 0.25) is 5.91 Å². The van der Waals surface area contributed by atoms with Crippen molar-refractivity contribution in [2.75, 3.05) is 18.0 Å². The van der Waals surface area contributed by atoms with Crippen LogP contribution in [0, 0.1) is 13.8 Å². The molecular weight excluding hydrogens is 320 g/mol. The summed E-state index contributed by atoms with van der Waals surface area (Å²) >= 11 is 0. The van der Waals surface area contributed by atoms with E-state index in [1.165, 1.54) is 36.1 Å². The van der Waals surface area contributed by atoms with Gasteiger partial charge in [0.1, 0.15) is 0 Å². The number of carbonyl (C=O) groups excluding carboxylic acids is 1. The van der Waals surface area contributed by atoms with E-state index in [0.29, 0.717) is 6.42 Å². The summed E-state index contributed by atoms with van der Waals surface area (Å²) in [5, 5.41) is 3.13. The third-order valence-corrected chi connectivity index (χ3v) is 5.34. The first-order valence-corrected chi connectivity index (χ1v) is 9.73. The highest BCUT2D eigenvalue weighted by molar-refractivity contribution is 5.79. The molecule has 3 nitrogen and oxygen atoms in total. The third-order valence-electron chi connectivity index (χ3n) is 5.34. The highest BCUT2D eigenvalue weighted by Crippen LogP contribution is 2.22. The van der Waals surface area contributed by atoms with Crippen molar-refractivity contribution < 1.29 is 4.79 Å². The number of carbonyl (C=O) groups is 1. The van der Waals surface area contributed by atoms with Gasteiger partial charge < -0.3 is 10.2 Å². The average molecular weight is 351 g/mol. The molecular formula is C23H30N2O. The summed E-state index contributed by atoms with van der Waals surface area (Å²) in [4.78, 5) is 14.9. The molecule has 0 saturated carbocycles. The zero-order valence-electron chi connectivity index (χ0n) is 16.2. The number of hydrogen-bond acceptors (Lipinski definition) is 2. The Morgan fingerprint density at radius 1 is 1.04 bits per heavy atom. The highest BCUT2D eigenvalue weighted by atomic mass is 16.1. The minimum absolute atomic E-state index is 0.0173. The van der Waals surface area contributed by atoms with Crippen molar-refractivity contribution >= 4 is 11.6 Å². The molecule has 2 aromatic rings. The standard InChI is InChI=1S/C23H30N2O/c1-17-7-8-21(18(2)15-17)16-23(26)24-19(3)20-9-11-22(12-10-20)25-13-5-4-6-14-25/h7-12,15,19H,4-6,13-14,16H2,1-3H3,(H,24,26)/t19-/m1/s1. The molecule has 1 N–H and O–H groups in total. The Morgan fingerprint density at radius 2 is 1.73 bits per heavy atom. The number of rotatable bonds is 5. The number of anilines is 1. The Hall–Kier alpha value is -2.29. The van der Waals surface area contributed by atoms with Crippen LogP contribution in [-0.2, 0) is 11.2 Å². The Balaban J connectivity index is 1.58. The van der Waals surface area contributed by atoms with Crippen molar-refractivity contribution in [1.82, 2.24) is 5.32 Å². The van der Waals surface area contributed by atoms with Crippen molar-refractivity contribution in [3.8, 4) is 0 Å². The van der Waals surface area contributed by atoms with Crippen LogP contribution in [0.1, 0.15) is 54.5 Å². The second kappa shape index (κ2) is 8.39. The van der Waals surface area contributed by atoms with Gasteiger partial charge in [-0.05, 0) is 68.9 Å². The van der Waals surface area contributed by atoms with Crippen LogP contribution < -0.4 is 10.2 Å². The number of aryl methyl sites for hydroxylation is 2. The number of amides is 1. The molecule has 26 heavy (non-hydrogen) atoms. The first-order valence-electron chi connectivity index (χ1n) is 9.73. The Labute approximate surface area is 157 Å².